The predicted molar refractivity (Wildman–Crippen MR) is 119 cm³/mol. The fraction of sp³-hybridized carbons (Fsp3) is 0.522. The zero-order chi connectivity index (χ0) is 20.5. The zero-order valence-electron chi connectivity index (χ0n) is 18.1. The lowest BCUT2D eigenvalue weighted by atomic mass is 9.94. The Labute approximate surface area is 174 Å². The van der Waals surface area contributed by atoms with Crippen LogP contribution in [0.1, 0.15) is 31.5 Å². The minimum Gasteiger partial charge on any atom is -0.369 e. The van der Waals surface area contributed by atoms with E-state index in [1.165, 1.54) is 22.5 Å². The largest absolute Gasteiger partial charge is 0.369 e. The van der Waals surface area contributed by atoms with E-state index in [0.717, 1.165) is 32.5 Å². The summed E-state index contributed by atoms with van der Waals surface area (Å²) in [6.45, 7) is 5.28. The summed E-state index contributed by atoms with van der Waals surface area (Å²) < 4.78 is 0. The number of aromatic amines is 1. The number of rotatable bonds is 8. The second-order valence-corrected chi connectivity index (χ2v) is 8.79. The number of allylic oxidation sites excluding steroid dienone is 3. The monoisotopic (exact) mass is 394 g/mol. The quantitative estimate of drug-likeness (QED) is 0.712. The first-order chi connectivity index (χ1) is 13.9. The molecule has 156 valence electrons. The van der Waals surface area contributed by atoms with Crippen LogP contribution in [0.2, 0.25) is 0 Å². The average molecular weight is 395 g/mol. The van der Waals surface area contributed by atoms with Crippen molar-refractivity contribution in [1.29, 1.82) is 0 Å². The minimum absolute atomic E-state index is 0.0934. The first-order valence-electron chi connectivity index (χ1n) is 10.7. The number of aromatic nitrogens is 1. The molecule has 0 aromatic carbocycles. The van der Waals surface area contributed by atoms with Crippen LogP contribution in [0.5, 0.6) is 0 Å². The van der Waals surface area contributed by atoms with Crippen LogP contribution in [-0.2, 0) is 0 Å². The first-order valence-corrected chi connectivity index (χ1v) is 10.7. The molecular formula is C23H34N6. The molecule has 3 atom stereocenters. The number of nitrogens with one attached hydrogen (secondary N) is 1. The first kappa shape index (κ1) is 20.0. The Morgan fingerprint density at radius 3 is 2.90 bits per heavy atom. The molecule has 2 heterocycles. The van der Waals surface area contributed by atoms with Crippen LogP contribution in [0.4, 0.5) is 0 Å². The number of nitrogens with zero attached hydrogens (tertiary/aromatic N) is 4. The summed E-state index contributed by atoms with van der Waals surface area (Å²) in [6.07, 6.45) is 11.0. The van der Waals surface area contributed by atoms with E-state index in [1.54, 1.807) is 0 Å². The summed E-state index contributed by atoms with van der Waals surface area (Å²) >= 11 is 0. The highest BCUT2D eigenvalue weighted by Gasteiger charge is 2.36. The minimum atomic E-state index is 0.0934. The van der Waals surface area contributed by atoms with E-state index >= 15 is 0 Å². The van der Waals surface area contributed by atoms with Crippen molar-refractivity contribution in [2.24, 2.45) is 16.6 Å². The molecular weight excluding hydrogens is 360 g/mol. The molecule has 1 aromatic rings. The Morgan fingerprint density at radius 1 is 1.34 bits per heavy atom. The highest BCUT2D eigenvalue weighted by molar-refractivity contribution is 5.84. The molecule has 0 bridgehead atoms. The van der Waals surface area contributed by atoms with Crippen LogP contribution in [0.25, 0.3) is 0 Å². The van der Waals surface area contributed by atoms with Crippen LogP contribution in [0.3, 0.4) is 0 Å². The van der Waals surface area contributed by atoms with Gasteiger partial charge in [-0.1, -0.05) is 18.2 Å². The molecule has 0 fully saturated rings. The van der Waals surface area contributed by atoms with Gasteiger partial charge in [-0.05, 0) is 76.7 Å². The molecule has 0 saturated heterocycles. The van der Waals surface area contributed by atoms with E-state index < -0.39 is 0 Å². The van der Waals surface area contributed by atoms with Gasteiger partial charge in [-0.3, -0.25) is 4.90 Å². The maximum atomic E-state index is 6.31. The summed E-state index contributed by atoms with van der Waals surface area (Å²) in [4.78, 5) is 15.0. The van der Waals surface area contributed by atoms with E-state index in [0.29, 0.717) is 17.9 Å². The average Bonchev–Trinajstić information content (AvgIpc) is 3.39. The summed E-state index contributed by atoms with van der Waals surface area (Å²) in [7, 11) is 6.44. The fourth-order valence-corrected chi connectivity index (χ4v) is 4.70. The van der Waals surface area contributed by atoms with Crippen LogP contribution in [-0.4, -0.2) is 72.5 Å². The van der Waals surface area contributed by atoms with Gasteiger partial charge in [0.15, 0.2) is 5.96 Å². The highest BCUT2D eigenvalue weighted by Crippen LogP contribution is 2.41. The third kappa shape index (κ3) is 4.05. The van der Waals surface area contributed by atoms with Crippen LogP contribution in [0.15, 0.2) is 58.4 Å². The molecule has 3 unspecified atom stereocenters. The lowest BCUT2D eigenvalue weighted by molar-refractivity contribution is 0.234. The second-order valence-electron chi connectivity index (χ2n) is 8.79. The number of aliphatic imine (C=N–C) groups is 1. The highest BCUT2D eigenvalue weighted by atomic mass is 15.3. The Kier molecular flexibility index (Phi) is 5.65. The maximum absolute atomic E-state index is 6.31. The third-order valence-electron chi connectivity index (χ3n) is 6.36. The van der Waals surface area contributed by atoms with E-state index in [-0.39, 0.29) is 6.04 Å². The van der Waals surface area contributed by atoms with Gasteiger partial charge in [0.05, 0.1) is 5.70 Å². The molecule has 4 rings (SSSR count). The molecule has 3 aliphatic rings. The van der Waals surface area contributed by atoms with Crippen molar-refractivity contribution < 1.29 is 0 Å². The van der Waals surface area contributed by atoms with Crippen LogP contribution in [0, 0.1) is 5.92 Å². The Balaban J connectivity index is 1.47. The van der Waals surface area contributed by atoms with Gasteiger partial charge in [0.1, 0.15) is 6.04 Å². The van der Waals surface area contributed by atoms with Gasteiger partial charge >= 0.3 is 0 Å². The lowest BCUT2D eigenvalue weighted by Crippen LogP contribution is -2.36. The van der Waals surface area contributed by atoms with E-state index in [9.17, 15) is 0 Å². The number of hydrogen-bond acceptors (Lipinski definition) is 5. The summed E-state index contributed by atoms with van der Waals surface area (Å²) in [5.74, 6) is 1.19. The van der Waals surface area contributed by atoms with Gasteiger partial charge in [-0.15, -0.1) is 0 Å². The molecule has 6 heteroatoms. The summed E-state index contributed by atoms with van der Waals surface area (Å²) in [5, 5.41) is 0. The van der Waals surface area contributed by atoms with Crippen molar-refractivity contribution in [2.45, 2.75) is 31.8 Å². The zero-order valence-corrected chi connectivity index (χ0v) is 18.1. The molecule has 0 spiro atoms. The number of H-pyrrole nitrogens is 1. The van der Waals surface area contributed by atoms with Crippen molar-refractivity contribution in [2.75, 3.05) is 40.8 Å². The standard InChI is InChI=1S/C23H34N6/c1-16(20-7-5-10-25-20)28(4)15-17-13-18-8-9-21-22(19(18)14-17)29(23(24)26-21)12-6-11-27(2)3/h5,7-10,13,16-17,21,25H,6,11-12,14-15H2,1-4H3,(H2,24,26). The van der Waals surface area contributed by atoms with Crippen molar-refractivity contribution in [3.63, 3.8) is 0 Å². The maximum Gasteiger partial charge on any atom is 0.196 e. The Morgan fingerprint density at radius 2 is 2.17 bits per heavy atom. The molecule has 1 aromatic heterocycles. The normalized spacial score (nSPS) is 24.3. The molecule has 1 aliphatic heterocycles. The molecule has 29 heavy (non-hydrogen) atoms. The molecule has 6 nitrogen and oxygen atoms in total. The van der Waals surface area contributed by atoms with Gasteiger partial charge in [-0.2, -0.15) is 0 Å². The Bertz CT molecular complexity index is 845. The van der Waals surface area contributed by atoms with E-state index in [1.807, 2.05) is 6.20 Å². The Hall–Kier alpha value is -2.31. The third-order valence-corrected chi connectivity index (χ3v) is 6.36. The smallest absolute Gasteiger partial charge is 0.196 e. The van der Waals surface area contributed by atoms with Crippen molar-refractivity contribution in [3.05, 3.63) is 59.1 Å². The van der Waals surface area contributed by atoms with E-state index in [2.05, 4.69) is 78.1 Å². The van der Waals surface area contributed by atoms with E-state index in [4.69, 9.17) is 10.7 Å². The topological polar surface area (TPSA) is 63.9 Å². The summed E-state index contributed by atoms with van der Waals surface area (Å²) in [5.41, 5.74) is 11.7. The van der Waals surface area contributed by atoms with Gasteiger partial charge in [0, 0.05) is 31.0 Å². The number of fused-ring (bicyclic) bond motifs is 2. The van der Waals surface area contributed by atoms with Gasteiger partial charge < -0.3 is 20.5 Å². The van der Waals surface area contributed by atoms with Gasteiger partial charge in [-0.25, -0.2) is 4.99 Å². The van der Waals surface area contributed by atoms with Crippen molar-refractivity contribution in [1.82, 2.24) is 19.7 Å². The summed E-state index contributed by atoms with van der Waals surface area (Å²) in [6, 6.07) is 4.70. The fourth-order valence-electron chi connectivity index (χ4n) is 4.70. The molecule has 2 aliphatic carbocycles. The molecule has 0 saturated carbocycles. The predicted octanol–water partition coefficient (Wildman–Crippen LogP) is 2.73. The van der Waals surface area contributed by atoms with Gasteiger partial charge in [0.25, 0.3) is 0 Å². The molecule has 0 radical (unpaired) electrons. The van der Waals surface area contributed by atoms with Crippen molar-refractivity contribution in [3.8, 4) is 0 Å². The molecule has 3 N–H and O–H groups in total. The van der Waals surface area contributed by atoms with Crippen LogP contribution >= 0.6 is 0 Å². The van der Waals surface area contributed by atoms with Crippen LogP contribution < -0.4 is 5.73 Å². The number of guanidine groups is 1. The SMILES string of the molecule is CC(c1ccc[nH]1)N(C)CC1C=C2C=CC3N=C(N)N(CCCN(C)C)C3=C2C1. The number of nitrogens with two attached hydrogens (primary N) is 1. The lowest BCUT2D eigenvalue weighted by Gasteiger charge is -2.28. The van der Waals surface area contributed by atoms with Gasteiger partial charge in [0.2, 0.25) is 0 Å². The van der Waals surface area contributed by atoms with Crippen molar-refractivity contribution >= 4 is 5.96 Å². The number of hydrogen-bond donors (Lipinski definition) is 2. The second kappa shape index (κ2) is 8.20. The molecule has 0 amide bonds.